The van der Waals surface area contributed by atoms with E-state index in [4.69, 9.17) is 28.9 Å². The van der Waals surface area contributed by atoms with Crippen molar-refractivity contribution in [3.63, 3.8) is 0 Å². The predicted octanol–water partition coefficient (Wildman–Crippen LogP) is 4.95. The summed E-state index contributed by atoms with van der Waals surface area (Å²) in [5.74, 6) is -0.269. The lowest BCUT2D eigenvalue weighted by molar-refractivity contribution is -0.145. The molecule has 2 amide bonds. The van der Waals surface area contributed by atoms with Crippen LogP contribution in [0.25, 0.3) is 0 Å². The van der Waals surface area contributed by atoms with E-state index in [1.54, 1.807) is 0 Å². The topological polar surface area (TPSA) is 63.4 Å². The molecule has 29 heavy (non-hydrogen) atoms. The number of amides is 2. The molecule has 2 fully saturated rings. The molecule has 0 radical (unpaired) electrons. The van der Waals surface area contributed by atoms with Gasteiger partial charge >= 0.3 is 0 Å². The van der Waals surface area contributed by atoms with Crippen LogP contribution in [0.15, 0.2) is 48.5 Å². The Kier molecular flexibility index (Phi) is 5.84. The molecular formula is C23H24Cl2N2O2. The fourth-order valence-corrected chi connectivity index (χ4v) is 4.77. The number of nitrogens with zero attached hydrogens (tertiary/aromatic N) is 1. The number of primary amides is 1. The molecule has 2 aromatic carbocycles. The van der Waals surface area contributed by atoms with Crippen molar-refractivity contribution >= 4 is 35.0 Å². The van der Waals surface area contributed by atoms with Gasteiger partial charge in [-0.25, -0.2) is 0 Å². The second-order valence-electron chi connectivity index (χ2n) is 8.19. The third-order valence-electron chi connectivity index (χ3n) is 5.98. The highest BCUT2D eigenvalue weighted by Gasteiger charge is 2.45. The van der Waals surface area contributed by atoms with Crippen LogP contribution in [0.2, 0.25) is 10.0 Å². The van der Waals surface area contributed by atoms with Gasteiger partial charge in [0.15, 0.2) is 0 Å². The quantitative estimate of drug-likeness (QED) is 0.703. The van der Waals surface area contributed by atoms with E-state index in [9.17, 15) is 9.59 Å². The number of hydrogen-bond acceptors (Lipinski definition) is 2. The molecule has 0 unspecified atom stereocenters. The third-order valence-corrected chi connectivity index (χ3v) is 6.46. The predicted molar refractivity (Wildman–Crippen MR) is 115 cm³/mol. The summed E-state index contributed by atoms with van der Waals surface area (Å²) in [5, 5.41) is 1.32. The summed E-state index contributed by atoms with van der Waals surface area (Å²) >= 11 is 12.4. The van der Waals surface area contributed by atoms with Gasteiger partial charge in [-0.1, -0.05) is 47.5 Å². The maximum absolute atomic E-state index is 13.4. The smallest absolute Gasteiger partial charge is 0.226 e. The monoisotopic (exact) mass is 430 g/mol. The summed E-state index contributed by atoms with van der Waals surface area (Å²) < 4.78 is 0. The van der Waals surface area contributed by atoms with Gasteiger partial charge in [-0.2, -0.15) is 0 Å². The van der Waals surface area contributed by atoms with Gasteiger partial charge in [0, 0.05) is 34.8 Å². The molecular weight excluding hydrogens is 407 g/mol. The highest BCUT2D eigenvalue weighted by molar-refractivity contribution is 6.30. The number of hydrogen-bond donors (Lipinski definition) is 1. The molecule has 2 aromatic rings. The van der Waals surface area contributed by atoms with E-state index in [1.807, 2.05) is 53.4 Å². The Bertz CT molecular complexity index is 911. The minimum absolute atomic E-state index is 0.0222. The minimum atomic E-state index is -0.440. The van der Waals surface area contributed by atoms with Crippen LogP contribution < -0.4 is 5.73 Å². The van der Waals surface area contributed by atoms with E-state index < -0.39 is 11.8 Å². The normalized spacial score (nSPS) is 24.6. The second-order valence-corrected chi connectivity index (χ2v) is 9.07. The van der Waals surface area contributed by atoms with Gasteiger partial charge in [-0.3, -0.25) is 9.59 Å². The molecule has 1 aliphatic heterocycles. The lowest BCUT2D eigenvalue weighted by Gasteiger charge is -2.45. The largest absolute Gasteiger partial charge is 0.370 e. The van der Waals surface area contributed by atoms with Crippen LogP contribution in [0, 0.1) is 11.8 Å². The Labute approximate surface area is 181 Å². The fourth-order valence-electron chi connectivity index (χ4n) is 4.45. The molecule has 3 atom stereocenters. The second kappa shape index (κ2) is 8.37. The Morgan fingerprint density at radius 1 is 1.03 bits per heavy atom. The van der Waals surface area contributed by atoms with Crippen molar-refractivity contribution < 1.29 is 9.59 Å². The molecule has 152 valence electrons. The molecule has 0 aromatic heterocycles. The number of carbonyl (C=O) groups is 2. The van der Waals surface area contributed by atoms with Crippen molar-refractivity contribution in [3.8, 4) is 0 Å². The van der Waals surface area contributed by atoms with E-state index in [-0.39, 0.29) is 24.3 Å². The maximum atomic E-state index is 13.4. The summed E-state index contributed by atoms with van der Waals surface area (Å²) in [6.45, 7) is 0.707. The van der Waals surface area contributed by atoms with E-state index in [0.717, 1.165) is 24.0 Å². The summed E-state index contributed by atoms with van der Waals surface area (Å²) in [7, 11) is 0. The summed E-state index contributed by atoms with van der Waals surface area (Å²) in [6.07, 6.45) is 2.92. The first-order chi connectivity index (χ1) is 13.9. The molecule has 4 nitrogen and oxygen atoms in total. The Hall–Kier alpha value is -2.04. The summed E-state index contributed by atoms with van der Waals surface area (Å²) in [6, 6.07) is 15.4. The molecule has 1 saturated carbocycles. The van der Waals surface area contributed by atoms with Gasteiger partial charge in [0.2, 0.25) is 11.8 Å². The highest BCUT2D eigenvalue weighted by atomic mass is 35.5. The number of rotatable bonds is 6. The molecule has 1 saturated heterocycles. The molecule has 1 heterocycles. The lowest BCUT2D eigenvalue weighted by Crippen LogP contribution is -2.48. The summed E-state index contributed by atoms with van der Waals surface area (Å²) in [4.78, 5) is 27.0. The Morgan fingerprint density at radius 3 is 2.38 bits per heavy atom. The first-order valence-corrected chi connectivity index (χ1v) is 10.8. The zero-order chi connectivity index (χ0) is 20.5. The van der Waals surface area contributed by atoms with Crippen LogP contribution in [-0.4, -0.2) is 23.3 Å². The first kappa shape index (κ1) is 20.2. The zero-order valence-corrected chi connectivity index (χ0v) is 17.6. The van der Waals surface area contributed by atoms with Gasteiger partial charge in [0.1, 0.15) is 0 Å². The van der Waals surface area contributed by atoms with Crippen molar-refractivity contribution in [1.29, 1.82) is 0 Å². The van der Waals surface area contributed by atoms with Crippen molar-refractivity contribution in [2.45, 2.75) is 37.6 Å². The standard InChI is InChI=1S/C23H24Cl2N2O2/c24-18-8-6-15(7-9-18)22-20(16-2-1-3-19(25)10-16)11-17(12-21(26)28)23(29)27(22)13-14-4-5-14/h1-3,6-10,14,17,20,22H,4-5,11-13H2,(H2,26,28)/t17-,20-,22-/m1/s1. The minimum Gasteiger partial charge on any atom is -0.370 e. The number of likely N-dealkylation sites (tertiary alicyclic amines) is 1. The maximum Gasteiger partial charge on any atom is 0.226 e. The lowest BCUT2D eigenvalue weighted by atomic mass is 9.74. The fraction of sp³-hybridized carbons (Fsp3) is 0.391. The van der Waals surface area contributed by atoms with Crippen LogP contribution in [0.3, 0.4) is 0 Å². The molecule has 2 N–H and O–H groups in total. The van der Waals surface area contributed by atoms with E-state index in [2.05, 4.69) is 0 Å². The van der Waals surface area contributed by atoms with Gasteiger partial charge in [0.05, 0.1) is 6.04 Å². The van der Waals surface area contributed by atoms with Gasteiger partial charge in [0.25, 0.3) is 0 Å². The Morgan fingerprint density at radius 2 is 1.76 bits per heavy atom. The average molecular weight is 431 g/mol. The van der Waals surface area contributed by atoms with E-state index in [1.165, 1.54) is 0 Å². The van der Waals surface area contributed by atoms with Crippen LogP contribution in [0.4, 0.5) is 0 Å². The van der Waals surface area contributed by atoms with Gasteiger partial charge in [-0.05, 0) is 60.6 Å². The van der Waals surface area contributed by atoms with Crippen LogP contribution in [-0.2, 0) is 9.59 Å². The highest BCUT2D eigenvalue weighted by Crippen LogP contribution is 2.47. The van der Waals surface area contributed by atoms with E-state index >= 15 is 0 Å². The number of piperidine rings is 1. The van der Waals surface area contributed by atoms with Gasteiger partial charge in [-0.15, -0.1) is 0 Å². The number of benzene rings is 2. The molecule has 0 bridgehead atoms. The molecule has 1 aliphatic carbocycles. The van der Waals surface area contributed by atoms with Crippen LogP contribution in [0.1, 0.15) is 48.8 Å². The molecule has 6 heteroatoms. The molecule has 2 aliphatic rings. The number of nitrogens with two attached hydrogens (primary N) is 1. The van der Waals surface area contributed by atoms with Crippen molar-refractivity contribution in [2.24, 2.45) is 17.6 Å². The molecule has 4 rings (SSSR count). The average Bonchev–Trinajstić information content (AvgIpc) is 3.49. The van der Waals surface area contributed by atoms with Crippen molar-refractivity contribution in [3.05, 3.63) is 69.7 Å². The SMILES string of the molecule is NC(=O)C[C@H]1C[C@H](c2cccc(Cl)c2)[C@@H](c2ccc(Cl)cc2)N(CC2CC2)C1=O. The first-order valence-electron chi connectivity index (χ1n) is 10.0. The third kappa shape index (κ3) is 4.59. The van der Waals surface area contributed by atoms with Crippen molar-refractivity contribution in [1.82, 2.24) is 4.90 Å². The zero-order valence-electron chi connectivity index (χ0n) is 16.1. The number of halogens is 2. The van der Waals surface area contributed by atoms with E-state index in [0.29, 0.717) is 28.9 Å². The Balaban J connectivity index is 1.78. The summed E-state index contributed by atoms with van der Waals surface area (Å²) in [5.41, 5.74) is 7.59. The van der Waals surface area contributed by atoms with Crippen LogP contribution >= 0.6 is 23.2 Å². The van der Waals surface area contributed by atoms with Crippen molar-refractivity contribution in [2.75, 3.05) is 6.54 Å². The van der Waals surface area contributed by atoms with Crippen LogP contribution in [0.5, 0.6) is 0 Å². The number of carbonyl (C=O) groups excluding carboxylic acids is 2. The van der Waals surface area contributed by atoms with Gasteiger partial charge < -0.3 is 10.6 Å². The molecule has 0 spiro atoms.